The number of hydrogen-bond donors (Lipinski definition) is 2. The molecule has 2 aromatic carbocycles. The van der Waals surface area contributed by atoms with Crippen molar-refractivity contribution < 1.29 is 4.79 Å². The lowest BCUT2D eigenvalue weighted by Crippen LogP contribution is -2.41. The van der Waals surface area contributed by atoms with E-state index >= 15 is 0 Å². The van der Waals surface area contributed by atoms with E-state index in [9.17, 15) is 4.79 Å². The molecule has 1 amide bonds. The van der Waals surface area contributed by atoms with Gasteiger partial charge in [0.1, 0.15) is 0 Å². The van der Waals surface area contributed by atoms with E-state index in [0.717, 1.165) is 49.3 Å². The maximum absolute atomic E-state index is 12.4. The summed E-state index contributed by atoms with van der Waals surface area (Å²) < 4.78 is 0. The van der Waals surface area contributed by atoms with E-state index < -0.39 is 0 Å². The molecule has 1 aliphatic rings. The molecule has 0 atom stereocenters. The van der Waals surface area contributed by atoms with Gasteiger partial charge in [-0.25, -0.2) is 4.98 Å². The normalized spacial score (nSPS) is 15.2. The van der Waals surface area contributed by atoms with E-state index in [2.05, 4.69) is 32.3 Å². The van der Waals surface area contributed by atoms with Gasteiger partial charge < -0.3 is 15.2 Å². The van der Waals surface area contributed by atoms with Crippen LogP contribution < -0.4 is 10.2 Å². The van der Waals surface area contributed by atoms with Gasteiger partial charge in [-0.1, -0.05) is 41.9 Å². The summed E-state index contributed by atoms with van der Waals surface area (Å²) in [7, 11) is 0. The summed E-state index contributed by atoms with van der Waals surface area (Å²) in [6, 6.07) is 15.9. The molecular weight excluding hydrogens is 360 g/mol. The lowest BCUT2D eigenvalue weighted by Gasteiger charge is -2.31. The third-order valence-corrected chi connectivity index (χ3v) is 5.39. The minimum atomic E-state index is 0.0795. The number of imidazole rings is 1. The highest BCUT2D eigenvalue weighted by Crippen LogP contribution is 2.25. The number of piperidine rings is 1. The molecule has 4 rings (SSSR count). The maximum atomic E-state index is 12.4. The minimum Gasteiger partial charge on any atom is -0.356 e. The van der Waals surface area contributed by atoms with Crippen LogP contribution in [0.15, 0.2) is 48.5 Å². The molecule has 0 bridgehead atoms. The summed E-state index contributed by atoms with van der Waals surface area (Å²) in [5.74, 6) is 1.10. The van der Waals surface area contributed by atoms with Gasteiger partial charge in [0.25, 0.3) is 0 Å². The van der Waals surface area contributed by atoms with E-state index in [-0.39, 0.29) is 11.8 Å². The van der Waals surface area contributed by atoms with Gasteiger partial charge >= 0.3 is 0 Å². The topological polar surface area (TPSA) is 61.0 Å². The van der Waals surface area contributed by atoms with Crippen molar-refractivity contribution in [2.24, 2.45) is 5.92 Å². The molecule has 0 saturated carbocycles. The first-order valence-electron chi connectivity index (χ1n) is 9.41. The Morgan fingerprint density at radius 1 is 1.19 bits per heavy atom. The van der Waals surface area contributed by atoms with E-state index in [1.807, 2.05) is 36.4 Å². The molecule has 2 heterocycles. The highest BCUT2D eigenvalue weighted by molar-refractivity contribution is 6.31. The molecule has 1 aromatic heterocycles. The molecule has 0 aliphatic carbocycles. The molecule has 0 unspecified atom stereocenters. The van der Waals surface area contributed by atoms with Crippen molar-refractivity contribution in [1.82, 2.24) is 15.3 Å². The predicted molar refractivity (Wildman–Crippen MR) is 109 cm³/mol. The Bertz CT molecular complexity index is 916. The number of fused-ring (bicyclic) bond motifs is 1. The number of amides is 1. The predicted octanol–water partition coefficient (Wildman–Crippen LogP) is 3.79. The first kappa shape index (κ1) is 17.9. The van der Waals surface area contributed by atoms with Crippen molar-refractivity contribution in [2.75, 3.05) is 24.5 Å². The first-order valence-corrected chi connectivity index (χ1v) is 9.79. The number of H-pyrrole nitrogens is 1. The average Bonchev–Trinajstić information content (AvgIpc) is 3.12. The molecule has 3 aromatic rings. The van der Waals surface area contributed by atoms with E-state index in [1.165, 1.54) is 5.56 Å². The van der Waals surface area contributed by atoms with Crippen LogP contribution in [0.4, 0.5) is 5.95 Å². The van der Waals surface area contributed by atoms with Crippen molar-refractivity contribution in [2.45, 2.75) is 19.3 Å². The second-order valence-electron chi connectivity index (χ2n) is 7.01. The van der Waals surface area contributed by atoms with Crippen molar-refractivity contribution in [1.29, 1.82) is 0 Å². The van der Waals surface area contributed by atoms with Gasteiger partial charge in [0.2, 0.25) is 11.9 Å². The minimum absolute atomic E-state index is 0.0795. The lowest BCUT2D eigenvalue weighted by atomic mass is 9.96. The largest absolute Gasteiger partial charge is 0.356 e. The summed E-state index contributed by atoms with van der Waals surface area (Å²) >= 11 is 6.04. The third-order valence-electron chi connectivity index (χ3n) is 5.15. The molecular formula is C21H23ClN4O. The second kappa shape index (κ2) is 8.01. The Morgan fingerprint density at radius 3 is 2.74 bits per heavy atom. The molecule has 1 aliphatic heterocycles. The van der Waals surface area contributed by atoms with Crippen LogP contribution in [0.3, 0.4) is 0 Å². The lowest BCUT2D eigenvalue weighted by molar-refractivity contribution is -0.125. The number of aromatic amines is 1. The molecule has 6 heteroatoms. The quantitative estimate of drug-likeness (QED) is 0.705. The molecule has 0 radical (unpaired) electrons. The Hall–Kier alpha value is -2.53. The van der Waals surface area contributed by atoms with Gasteiger partial charge in [0.05, 0.1) is 11.0 Å². The Balaban J connectivity index is 1.28. The van der Waals surface area contributed by atoms with Gasteiger partial charge in [0, 0.05) is 30.6 Å². The zero-order valence-electron chi connectivity index (χ0n) is 15.1. The second-order valence-corrected chi connectivity index (χ2v) is 7.45. The van der Waals surface area contributed by atoms with Crippen LogP contribution >= 0.6 is 11.6 Å². The number of carbonyl (C=O) groups excluding carboxylic acids is 1. The zero-order chi connectivity index (χ0) is 18.6. The van der Waals surface area contributed by atoms with Gasteiger partial charge in [0.15, 0.2) is 0 Å². The average molecular weight is 383 g/mol. The van der Waals surface area contributed by atoms with Crippen molar-refractivity contribution in [3.05, 3.63) is 59.1 Å². The fourth-order valence-electron chi connectivity index (χ4n) is 3.59. The van der Waals surface area contributed by atoms with Gasteiger partial charge in [-0.3, -0.25) is 4.79 Å². The molecule has 1 saturated heterocycles. The van der Waals surface area contributed by atoms with E-state index in [1.54, 1.807) is 0 Å². The summed E-state index contributed by atoms with van der Waals surface area (Å²) in [6.45, 7) is 2.34. The molecule has 0 spiro atoms. The Morgan fingerprint density at radius 2 is 1.96 bits per heavy atom. The monoisotopic (exact) mass is 382 g/mol. The van der Waals surface area contributed by atoms with Crippen molar-refractivity contribution >= 4 is 34.5 Å². The number of hydrogen-bond acceptors (Lipinski definition) is 3. The van der Waals surface area contributed by atoms with Crippen molar-refractivity contribution in [3.63, 3.8) is 0 Å². The highest BCUT2D eigenvalue weighted by Gasteiger charge is 2.26. The number of anilines is 1. The van der Waals surface area contributed by atoms with Gasteiger partial charge in [-0.05, 0) is 43.0 Å². The number of carbonyl (C=O) groups is 1. The van der Waals surface area contributed by atoms with Crippen LogP contribution in [0.25, 0.3) is 11.0 Å². The summed E-state index contributed by atoms with van der Waals surface area (Å²) in [4.78, 5) is 22.6. The van der Waals surface area contributed by atoms with Gasteiger partial charge in [-0.15, -0.1) is 0 Å². The number of nitrogens with zero attached hydrogens (tertiary/aromatic N) is 2. The van der Waals surface area contributed by atoms with Crippen LogP contribution in [0.1, 0.15) is 18.4 Å². The number of aromatic nitrogens is 2. The van der Waals surface area contributed by atoms with Gasteiger partial charge in [-0.2, -0.15) is 0 Å². The number of rotatable bonds is 5. The number of nitrogens with one attached hydrogen (secondary N) is 2. The summed E-state index contributed by atoms with van der Waals surface area (Å²) in [5, 5.41) is 3.79. The zero-order valence-corrected chi connectivity index (χ0v) is 15.9. The number of halogens is 1. The van der Waals surface area contributed by atoms with Crippen LogP contribution in [-0.4, -0.2) is 35.5 Å². The van der Waals surface area contributed by atoms with Crippen molar-refractivity contribution in [3.8, 4) is 0 Å². The third kappa shape index (κ3) is 4.25. The fourth-order valence-corrected chi connectivity index (χ4v) is 3.76. The SMILES string of the molecule is O=C(NCCc1ccccc1)C1CCN(c2nc3ccc(Cl)cc3[nH]2)CC1. The molecule has 140 valence electrons. The van der Waals surface area contributed by atoms with Crippen LogP contribution in [0, 0.1) is 5.92 Å². The standard InChI is InChI=1S/C21H23ClN4O/c22-17-6-7-18-19(14-17)25-21(24-18)26-12-9-16(10-13-26)20(27)23-11-8-15-4-2-1-3-5-15/h1-7,14,16H,8-13H2,(H,23,27)(H,24,25). The Kier molecular flexibility index (Phi) is 5.30. The molecule has 2 N–H and O–H groups in total. The molecule has 5 nitrogen and oxygen atoms in total. The Labute approximate surface area is 163 Å². The van der Waals surface area contributed by atoms with Crippen LogP contribution in [0.2, 0.25) is 5.02 Å². The molecule has 27 heavy (non-hydrogen) atoms. The maximum Gasteiger partial charge on any atom is 0.223 e. The van der Waals surface area contributed by atoms with E-state index in [0.29, 0.717) is 11.6 Å². The number of benzene rings is 2. The van der Waals surface area contributed by atoms with Crippen LogP contribution in [0.5, 0.6) is 0 Å². The van der Waals surface area contributed by atoms with Crippen LogP contribution in [-0.2, 0) is 11.2 Å². The highest BCUT2D eigenvalue weighted by atomic mass is 35.5. The first-order chi connectivity index (χ1) is 13.2. The summed E-state index contributed by atoms with van der Waals surface area (Å²) in [6.07, 6.45) is 2.55. The molecule has 1 fully saturated rings. The fraction of sp³-hybridized carbons (Fsp3) is 0.333. The van der Waals surface area contributed by atoms with E-state index in [4.69, 9.17) is 11.6 Å². The smallest absolute Gasteiger partial charge is 0.223 e. The summed E-state index contributed by atoms with van der Waals surface area (Å²) in [5.41, 5.74) is 3.10.